The van der Waals surface area contributed by atoms with Crippen molar-refractivity contribution in [2.45, 2.75) is 32.4 Å². The predicted octanol–water partition coefficient (Wildman–Crippen LogP) is 3.84. The van der Waals surface area contributed by atoms with E-state index in [1.165, 1.54) is 16.0 Å². The number of hydrogen-bond donors (Lipinski definition) is 2. The molecule has 0 aliphatic carbocycles. The average Bonchev–Trinajstić information content (AvgIpc) is 3.26. The van der Waals surface area contributed by atoms with Crippen molar-refractivity contribution < 1.29 is 4.74 Å². The van der Waals surface area contributed by atoms with Crippen LogP contribution in [0.2, 0.25) is 0 Å². The first-order chi connectivity index (χ1) is 13.6. The van der Waals surface area contributed by atoms with E-state index in [4.69, 9.17) is 4.74 Å². The Kier molecular flexibility index (Phi) is 9.88. The minimum absolute atomic E-state index is 0. The molecule has 0 radical (unpaired) electrons. The lowest BCUT2D eigenvalue weighted by Crippen LogP contribution is -2.42. The number of aliphatic imine (C=N–C) groups is 1. The molecule has 1 aliphatic rings. The van der Waals surface area contributed by atoms with Crippen LogP contribution < -0.4 is 10.6 Å². The van der Waals surface area contributed by atoms with Crippen LogP contribution in [0.25, 0.3) is 0 Å². The Morgan fingerprint density at radius 2 is 1.79 bits per heavy atom. The van der Waals surface area contributed by atoms with E-state index in [0.29, 0.717) is 0 Å². The Morgan fingerprint density at radius 1 is 1.10 bits per heavy atom. The van der Waals surface area contributed by atoms with Crippen molar-refractivity contribution in [3.8, 4) is 0 Å². The summed E-state index contributed by atoms with van der Waals surface area (Å²) in [5, 5.41) is 9.01. The first-order valence-electron chi connectivity index (χ1n) is 9.93. The fourth-order valence-corrected chi connectivity index (χ4v) is 4.09. The van der Waals surface area contributed by atoms with Gasteiger partial charge in [-0.3, -0.25) is 9.89 Å². The number of nitrogens with zero attached hydrogens (tertiary/aromatic N) is 2. The highest BCUT2D eigenvalue weighted by molar-refractivity contribution is 14.0. The third-order valence-electron chi connectivity index (χ3n) is 5.10. The average molecular weight is 529 g/mol. The molecule has 0 unspecified atom stereocenters. The van der Waals surface area contributed by atoms with Gasteiger partial charge < -0.3 is 15.4 Å². The lowest BCUT2D eigenvalue weighted by molar-refractivity contribution is 0.0342. The fourth-order valence-electron chi connectivity index (χ4n) is 3.24. The van der Waals surface area contributed by atoms with Crippen molar-refractivity contribution in [1.82, 2.24) is 15.5 Å². The zero-order chi connectivity index (χ0) is 19.8. The lowest BCUT2D eigenvalue weighted by atomic mass is 9.91. The largest absolute Gasteiger partial charge is 0.379 e. The van der Waals surface area contributed by atoms with Crippen LogP contribution in [0.3, 0.4) is 0 Å². The Balaban J connectivity index is 0.00000300. The van der Waals surface area contributed by atoms with Gasteiger partial charge in [0, 0.05) is 50.1 Å². The molecular formula is C22H33IN4OS. The van der Waals surface area contributed by atoms with Gasteiger partial charge in [0.2, 0.25) is 0 Å². The molecule has 0 bridgehead atoms. The van der Waals surface area contributed by atoms with Gasteiger partial charge in [0.1, 0.15) is 0 Å². The third kappa shape index (κ3) is 7.55. The maximum atomic E-state index is 5.42. The molecular weight excluding hydrogens is 495 g/mol. The SMILES string of the molecule is CN=C(NCc1ccc(CN2CCOCC2)cc1)NCC(C)(C)c1cccs1.I. The molecule has 1 aromatic heterocycles. The van der Waals surface area contributed by atoms with Crippen LogP contribution in [-0.2, 0) is 23.2 Å². The number of guanidine groups is 1. The highest BCUT2D eigenvalue weighted by Crippen LogP contribution is 2.26. The second-order valence-corrected chi connectivity index (χ2v) is 8.79. The first-order valence-corrected chi connectivity index (χ1v) is 10.8. The van der Waals surface area contributed by atoms with Crippen LogP contribution in [0.1, 0.15) is 29.9 Å². The number of rotatable bonds is 7. The second-order valence-electron chi connectivity index (χ2n) is 7.85. The molecule has 0 spiro atoms. The van der Waals surface area contributed by atoms with E-state index >= 15 is 0 Å². The first kappa shape index (κ1) is 24.1. The summed E-state index contributed by atoms with van der Waals surface area (Å²) in [5.41, 5.74) is 2.68. The van der Waals surface area contributed by atoms with Gasteiger partial charge in [0.05, 0.1) is 13.2 Å². The number of thiophene rings is 1. The minimum atomic E-state index is 0. The van der Waals surface area contributed by atoms with E-state index in [0.717, 1.165) is 51.9 Å². The quantitative estimate of drug-likeness (QED) is 0.326. The molecule has 0 atom stereocenters. The van der Waals surface area contributed by atoms with Crippen LogP contribution in [-0.4, -0.2) is 50.8 Å². The fraction of sp³-hybridized carbons (Fsp3) is 0.500. The van der Waals surface area contributed by atoms with Crippen molar-refractivity contribution in [2.24, 2.45) is 4.99 Å². The summed E-state index contributed by atoms with van der Waals surface area (Å²) >= 11 is 1.80. The van der Waals surface area contributed by atoms with Gasteiger partial charge in [0.15, 0.2) is 5.96 Å². The van der Waals surface area contributed by atoms with E-state index in [-0.39, 0.29) is 29.4 Å². The van der Waals surface area contributed by atoms with E-state index in [9.17, 15) is 0 Å². The molecule has 7 heteroatoms. The molecule has 3 rings (SSSR count). The standard InChI is InChI=1S/C22H32N4OS.HI/c1-22(2,20-5-4-14-28-20)17-25-21(23-3)24-15-18-6-8-19(9-7-18)16-26-10-12-27-13-11-26;/h4-9,14H,10-13,15-17H2,1-3H3,(H2,23,24,25);1H. The number of halogens is 1. The van der Waals surface area contributed by atoms with Gasteiger partial charge in [-0.15, -0.1) is 35.3 Å². The summed E-state index contributed by atoms with van der Waals surface area (Å²) in [4.78, 5) is 8.18. The number of hydrogen-bond acceptors (Lipinski definition) is 4. The summed E-state index contributed by atoms with van der Waals surface area (Å²) in [6.45, 7) is 10.8. The highest BCUT2D eigenvalue weighted by Gasteiger charge is 2.21. The Morgan fingerprint density at radius 3 is 2.41 bits per heavy atom. The van der Waals surface area contributed by atoms with Crippen LogP contribution in [0.15, 0.2) is 46.8 Å². The molecule has 2 aromatic rings. The number of ether oxygens (including phenoxy) is 1. The van der Waals surface area contributed by atoms with Crippen molar-refractivity contribution >= 4 is 41.3 Å². The minimum Gasteiger partial charge on any atom is -0.379 e. The third-order valence-corrected chi connectivity index (χ3v) is 6.34. The van der Waals surface area contributed by atoms with E-state index in [2.05, 4.69) is 76.2 Å². The predicted molar refractivity (Wildman–Crippen MR) is 133 cm³/mol. The van der Waals surface area contributed by atoms with Crippen molar-refractivity contribution in [3.05, 3.63) is 57.8 Å². The summed E-state index contributed by atoms with van der Waals surface area (Å²) in [6, 6.07) is 13.2. The molecule has 0 saturated carbocycles. The summed E-state index contributed by atoms with van der Waals surface area (Å²) in [5.74, 6) is 0.835. The zero-order valence-corrected chi connectivity index (χ0v) is 20.8. The maximum absolute atomic E-state index is 5.42. The van der Waals surface area contributed by atoms with Gasteiger partial charge in [0.25, 0.3) is 0 Å². The summed E-state index contributed by atoms with van der Waals surface area (Å²) in [7, 11) is 1.82. The molecule has 2 heterocycles. The topological polar surface area (TPSA) is 48.9 Å². The zero-order valence-electron chi connectivity index (χ0n) is 17.6. The molecule has 1 aromatic carbocycles. The van der Waals surface area contributed by atoms with E-state index < -0.39 is 0 Å². The second kappa shape index (κ2) is 11.9. The molecule has 1 saturated heterocycles. The van der Waals surface area contributed by atoms with E-state index in [1.54, 1.807) is 11.3 Å². The van der Waals surface area contributed by atoms with Crippen molar-refractivity contribution in [2.75, 3.05) is 39.9 Å². The summed E-state index contributed by atoms with van der Waals surface area (Å²) < 4.78 is 5.42. The molecule has 5 nitrogen and oxygen atoms in total. The Bertz CT molecular complexity index is 741. The van der Waals surface area contributed by atoms with Crippen LogP contribution in [0.5, 0.6) is 0 Å². The summed E-state index contributed by atoms with van der Waals surface area (Å²) in [6.07, 6.45) is 0. The smallest absolute Gasteiger partial charge is 0.191 e. The molecule has 160 valence electrons. The van der Waals surface area contributed by atoms with Gasteiger partial charge in [-0.1, -0.05) is 44.2 Å². The molecule has 1 fully saturated rings. The highest BCUT2D eigenvalue weighted by atomic mass is 127. The molecule has 1 aliphatic heterocycles. The van der Waals surface area contributed by atoms with Crippen LogP contribution in [0.4, 0.5) is 0 Å². The molecule has 29 heavy (non-hydrogen) atoms. The number of morpholine rings is 1. The monoisotopic (exact) mass is 528 g/mol. The van der Waals surface area contributed by atoms with E-state index in [1.807, 2.05) is 7.05 Å². The van der Waals surface area contributed by atoms with Gasteiger partial charge >= 0.3 is 0 Å². The molecule has 0 amide bonds. The Hall–Kier alpha value is -1.16. The number of benzene rings is 1. The van der Waals surface area contributed by atoms with Crippen LogP contribution >= 0.6 is 35.3 Å². The maximum Gasteiger partial charge on any atom is 0.191 e. The van der Waals surface area contributed by atoms with Crippen molar-refractivity contribution in [3.63, 3.8) is 0 Å². The normalized spacial score (nSPS) is 15.6. The van der Waals surface area contributed by atoms with Gasteiger partial charge in [-0.2, -0.15) is 0 Å². The van der Waals surface area contributed by atoms with Gasteiger partial charge in [-0.05, 0) is 22.6 Å². The lowest BCUT2D eigenvalue weighted by Gasteiger charge is -2.26. The Labute approximate surface area is 196 Å². The van der Waals surface area contributed by atoms with Crippen molar-refractivity contribution in [1.29, 1.82) is 0 Å². The number of nitrogens with one attached hydrogen (secondary N) is 2. The van der Waals surface area contributed by atoms with Crippen LogP contribution in [0, 0.1) is 0 Å². The molecule has 2 N–H and O–H groups in total. The van der Waals surface area contributed by atoms with Gasteiger partial charge in [-0.25, -0.2) is 0 Å².